The molecule has 114 valence electrons. The second-order valence-electron chi connectivity index (χ2n) is 3.49. The zero-order valence-corrected chi connectivity index (χ0v) is 13.8. The predicted octanol–water partition coefficient (Wildman–Crippen LogP) is 5.09. The molecule has 2 rings (SSSR count). The Labute approximate surface area is 122 Å². The maximum Gasteiger partial charge on any atom is 0.123 e. The van der Waals surface area contributed by atoms with Gasteiger partial charge < -0.3 is 0 Å². The molecule has 0 aliphatic rings. The van der Waals surface area contributed by atoms with Gasteiger partial charge in [-0.1, -0.05) is 65.3 Å². The second-order valence-corrected chi connectivity index (χ2v) is 3.49. The third-order valence-electron chi connectivity index (χ3n) is 1.72. The van der Waals surface area contributed by atoms with Gasteiger partial charge in [0.25, 0.3) is 0 Å². The van der Waals surface area contributed by atoms with Gasteiger partial charge in [-0.3, -0.25) is 4.68 Å². The molecule has 0 unspecified atom stereocenters. The fourth-order valence-corrected chi connectivity index (χ4v) is 1.13. The first kappa shape index (κ1) is 20.6. The maximum atomic E-state index is 12.8. The van der Waals surface area contributed by atoms with Gasteiger partial charge in [0.15, 0.2) is 0 Å². The molecule has 0 aliphatic heterocycles. The summed E-state index contributed by atoms with van der Waals surface area (Å²) in [5.41, 5.74) is 1.43. The Morgan fingerprint density at radius 3 is 2.05 bits per heavy atom. The molecule has 0 fully saturated rings. The number of nitrogens with zero attached hydrogens (tertiary/aromatic N) is 3. The van der Waals surface area contributed by atoms with Crippen molar-refractivity contribution in [3.8, 4) is 11.3 Å². The molecule has 2 aromatic rings. The monoisotopic (exact) mass is 281 g/mol. The minimum Gasteiger partial charge on any atom is -0.255 e. The van der Waals surface area contributed by atoms with E-state index in [9.17, 15) is 4.39 Å². The Bertz CT molecular complexity index is 439. The summed E-state index contributed by atoms with van der Waals surface area (Å²) in [7, 11) is 1.77. The highest BCUT2D eigenvalue weighted by molar-refractivity contribution is 5.57. The van der Waals surface area contributed by atoms with E-state index in [0.29, 0.717) is 5.69 Å². The fourth-order valence-electron chi connectivity index (χ4n) is 1.13. The van der Waals surface area contributed by atoms with Crippen molar-refractivity contribution in [2.24, 2.45) is 7.05 Å². The van der Waals surface area contributed by atoms with Gasteiger partial charge in [0, 0.05) is 12.6 Å². The molecule has 0 saturated carbocycles. The number of aromatic nitrogens is 3. The molecule has 0 radical (unpaired) electrons. The molecular weight excluding hydrogens is 253 g/mol. The Morgan fingerprint density at radius 2 is 1.65 bits per heavy atom. The van der Waals surface area contributed by atoms with Crippen LogP contribution in [0.3, 0.4) is 0 Å². The Balaban J connectivity index is 0. The van der Waals surface area contributed by atoms with E-state index in [1.165, 1.54) is 18.6 Å². The smallest absolute Gasteiger partial charge is 0.123 e. The van der Waals surface area contributed by atoms with Gasteiger partial charge in [-0.15, -0.1) is 5.10 Å². The van der Waals surface area contributed by atoms with Crippen molar-refractivity contribution in [1.82, 2.24) is 15.0 Å². The Hall–Kier alpha value is -1.71. The summed E-state index contributed by atoms with van der Waals surface area (Å²) in [6, 6.07) is 6.29. The summed E-state index contributed by atoms with van der Waals surface area (Å²) < 4.78 is 14.4. The first-order valence-electron chi connectivity index (χ1n) is 7.29. The molecule has 4 heteroatoms. The van der Waals surface area contributed by atoms with E-state index in [1.54, 1.807) is 30.1 Å². The first-order valence-corrected chi connectivity index (χ1v) is 7.29. The minimum absolute atomic E-state index is 0.261. The van der Waals surface area contributed by atoms with E-state index in [-0.39, 0.29) is 5.82 Å². The molecule has 20 heavy (non-hydrogen) atoms. The molecule has 0 bridgehead atoms. The molecule has 0 N–H and O–H groups in total. The number of halogens is 1. The third kappa shape index (κ3) is 8.40. The average molecular weight is 281 g/mol. The zero-order valence-electron chi connectivity index (χ0n) is 13.8. The largest absolute Gasteiger partial charge is 0.255 e. The van der Waals surface area contributed by atoms with Crippen molar-refractivity contribution < 1.29 is 4.39 Å². The summed E-state index contributed by atoms with van der Waals surface area (Å²) >= 11 is 0. The van der Waals surface area contributed by atoms with Crippen LogP contribution in [-0.4, -0.2) is 15.0 Å². The van der Waals surface area contributed by atoms with E-state index in [1.807, 2.05) is 27.7 Å². The van der Waals surface area contributed by atoms with Gasteiger partial charge in [0.05, 0.1) is 6.20 Å². The molecule has 1 heterocycles. The van der Waals surface area contributed by atoms with Crippen molar-refractivity contribution in [2.75, 3.05) is 0 Å². The number of hydrogen-bond acceptors (Lipinski definition) is 2. The van der Waals surface area contributed by atoms with Crippen molar-refractivity contribution in [3.05, 3.63) is 36.3 Å². The van der Waals surface area contributed by atoms with Crippen molar-refractivity contribution in [3.63, 3.8) is 0 Å². The topological polar surface area (TPSA) is 30.7 Å². The van der Waals surface area contributed by atoms with Crippen LogP contribution < -0.4 is 0 Å². The second kappa shape index (κ2) is 13.7. The van der Waals surface area contributed by atoms with Crippen LogP contribution >= 0.6 is 0 Å². The standard InChI is InChI=1S/C9H8FN3.C3H8.2C2H6/c1-13-6-9(11-12-13)7-3-2-4-8(10)5-7;1-3-2;2*1-2/h2-6H,1H3;3H2,1-2H3;2*1-2H3. The number of rotatable bonds is 1. The van der Waals surface area contributed by atoms with Gasteiger partial charge in [-0.25, -0.2) is 4.39 Å². The molecule has 0 saturated heterocycles. The van der Waals surface area contributed by atoms with Crippen LogP contribution in [0.5, 0.6) is 0 Å². The summed E-state index contributed by atoms with van der Waals surface area (Å²) in [5.74, 6) is -0.261. The van der Waals surface area contributed by atoms with Crippen LogP contribution in [0.2, 0.25) is 0 Å². The lowest BCUT2D eigenvalue weighted by atomic mass is 10.2. The highest BCUT2D eigenvalue weighted by Crippen LogP contribution is 2.16. The first-order chi connectivity index (χ1) is 9.67. The van der Waals surface area contributed by atoms with Gasteiger partial charge in [-0.2, -0.15) is 0 Å². The number of hydrogen-bond donors (Lipinski definition) is 0. The maximum absolute atomic E-state index is 12.8. The van der Waals surface area contributed by atoms with E-state index in [0.717, 1.165) is 5.56 Å². The van der Waals surface area contributed by atoms with E-state index in [4.69, 9.17) is 0 Å². The van der Waals surface area contributed by atoms with Crippen LogP contribution in [0, 0.1) is 5.82 Å². The molecule has 1 aromatic carbocycles. The molecule has 0 spiro atoms. The lowest BCUT2D eigenvalue weighted by Gasteiger charge is -1.93. The summed E-state index contributed by atoms with van der Waals surface area (Å²) in [6.07, 6.45) is 2.99. The van der Waals surface area contributed by atoms with Crippen LogP contribution in [0.15, 0.2) is 30.5 Å². The SMILES string of the molecule is CC.CC.CCC.Cn1cc(-c2cccc(F)c2)nn1. The van der Waals surface area contributed by atoms with Gasteiger partial charge in [-0.05, 0) is 12.1 Å². The highest BCUT2D eigenvalue weighted by Gasteiger charge is 2.02. The highest BCUT2D eigenvalue weighted by atomic mass is 19.1. The number of benzene rings is 1. The molecule has 0 aliphatic carbocycles. The third-order valence-corrected chi connectivity index (χ3v) is 1.72. The summed E-state index contributed by atoms with van der Waals surface area (Å²) in [5, 5.41) is 7.64. The lowest BCUT2D eigenvalue weighted by molar-refractivity contribution is 0.628. The zero-order chi connectivity index (χ0) is 16.0. The van der Waals surface area contributed by atoms with Crippen LogP contribution in [0.4, 0.5) is 4.39 Å². The minimum atomic E-state index is -0.261. The lowest BCUT2D eigenvalue weighted by Crippen LogP contribution is -1.85. The summed E-state index contributed by atoms with van der Waals surface area (Å²) in [6.45, 7) is 12.2. The van der Waals surface area contributed by atoms with Crippen molar-refractivity contribution in [2.45, 2.75) is 48.0 Å². The van der Waals surface area contributed by atoms with E-state index >= 15 is 0 Å². The average Bonchev–Trinajstić information content (AvgIpc) is 2.91. The van der Waals surface area contributed by atoms with Gasteiger partial charge >= 0.3 is 0 Å². The molecule has 0 atom stereocenters. The van der Waals surface area contributed by atoms with E-state index < -0.39 is 0 Å². The van der Waals surface area contributed by atoms with Crippen molar-refractivity contribution >= 4 is 0 Å². The number of aryl methyl sites for hydroxylation is 1. The van der Waals surface area contributed by atoms with E-state index in [2.05, 4.69) is 24.2 Å². The quantitative estimate of drug-likeness (QED) is 0.729. The van der Waals surface area contributed by atoms with Crippen LogP contribution in [0.25, 0.3) is 11.3 Å². The molecule has 0 amide bonds. The van der Waals surface area contributed by atoms with Gasteiger partial charge in [0.1, 0.15) is 11.5 Å². The Kier molecular flexibility index (Phi) is 14.1. The summed E-state index contributed by atoms with van der Waals surface area (Å²) in [4.78, 5) is 0. The molecular formula is C16H28FN3. The van der Waals surface area contributed by atoms with Crippen molar-refractivity contribution in [1.29, 1.82) is 0 Å². The normalized spacial score (nSPS) is 8.20. The Morgan fingerprint density at radius 1 is 1.10 bits per heavy atom. The van der Waals surface area contributed by atoms with Gasteiger partial charge in [0.2, 0.25) is 0 Å². The fraction of sp³-hybridized carbons (Fsp3) is 0.500. The molecule has 1 aromatic heterocycles. The van der Waals surface area contributed by atoms with Crippen LogP contribution in [0.1, 0.15) is 48.0 Å². The molecule has 3 nitrogen and oxygen atoms in total. The van der Waals surface area contributed by atoms with Crippen LogP contribution in [-0.2, 0) is 7.05 Å². The predicted molar refractivity (Wildman–Crippen MR) is 85.1 cm³/mol.